The van der Waals surface area contributed by atoms with Crippen LogP contribution in [-0.2, 0) is 6.18 Å². The lowest BCUT2D eigenvalue weighted by Gasteiger charge is -2.13. The number of benzene rings is 3. The summed E-state index contributed by atoms with van der Waals surface area (Å²) in [5.74, 6) is 0.751. The van der Waals surface area contributed by atoms with Gasteiger partial charge in [-0.2, -0.15) is 13.2 Å². The molecule has 162 valence electrons. The number of halogens is 3. The number of hydrogen-bond donors (Lipinski definition) is 0. The third-order valence-corrected chi connectivity index (χ3v) is 5.14. The summed E-state index contributed by atoms with van der Waals surface area (Å²) < 4.78 is 45.0. The summed E-state index contributed by atoms with van der Waals surface area (Å²) in [6.45, 7) is 0. The zero-order chi connectivity index (χ0) is 22.8. The highest BCUT2D eigenvalue weighted by Crippen LogP contribution is 2.36. The van der Waals surface area contributed by atoms with Crippen molar-refractivity contribution in [3.63, 3.8) is 0 Å². The Labute approximate surface area is 187 Å². The van der Waals surface area contributed by atoms with Gasteiger partial charge in [0.25, 0.3) is 0 Å². The number of hydrogen-bond acceptors (Lipinski definition) is 4. The van der Waals surface area contributed by atoms with Gasteiger partial charge in [0.05, 0.1) is 11.1 Å². The number of rotatable bonds is 4. The Morgan fingerprint density at radius 1 is 0.697 bits per heavy atom. The van der Waals surface area contributed by atoms with Crippen LogP contribution in [0.25, 0.3) is 33.3 Å². The van der Waals surface area contributed by atoms with Gasteiger partial charge in [-0.05, 0) is 35.9 Å². The van der Waals surface area contributed by atoms with Gasteiger partial charge in [0.2, 0.25) is 5.88 Å². The van der Waals surface area contributed by atoms with Crippen LogP contribution in [-0.4, -0.2) is 15.2 Å². The standard InChI is InChI=1S/C26H16F3N3O/c27-26(28,29)20-11-8-17(9-12-20)22-16-24(31-32-25(22)19-5-2-1-3-6-19)33-21-13-10-18-7-4-14-30-23(18)15-21/h1-16H. The normalized spacial score (nSPS) is 11.5. The van der Waals surface area contributed by atoms with Crippen molar-refractivity contribution in [1.29, 1.82) is 0 Å². The largest absolute Gasteiger partial charge is 0.437 e. The summed E-state index contributed by atoms with van der Waals surface area (Å²) in [5.41, 5.74) is 2.58. The van der Waals surface area contributed by atoms with Gasteiger partial charge in [-0.25, -0.2) is 0 Å². The molecular weight excluding hydrogens is 427 g/mol. The van der Waals surface area contributed by atoms with E-state index in [4.69, 9.17) is 4.74 Å². The fourth-order valence-electron chi connectivity index (χ4n) is 3.52. The fraction of sp³-hybridized carbons (Fsp3) is 0.0385. The summed E-state index contributed by atoms with van der Waals surface area (Å²) in [6.07, 6.45) is -2.71. The predicted molar refractivity (Wildman–Crippen MR) is 120 cm³/mol. The number of ether oxygens (including phenoxy) is 1. The van der Waals surface area contributed by atoms with Gasteiger partial charge in [0, 0.05) is 34.8 Å². The molecule has 7 heteroatoms. The minimum absolute atomic E-state index is 0.222. The van der Waals surface area contributed by atoms with E-state index in [1.54, 1.807) is 24.4 Å². The third-order valence-electron chi connectivity index (χ3n) is 5.14. The summed E-state index contributed by atoms with van der Waals surface area (Å²) in [6, 6.07) is 25.3. The number of aromatic nitrogens is 3. The van der Waals surface area contributed by atoms with Crippen molar-refractivity contribution in [3.05, 3.63) is 103 Å². The first kappa shape index (κ1) is 20.6. The molecule has 0 bridgehead atoms. The second-order valence-electron chi connectivity index (χ2n) is 7.35. The summed E-state index contributed by atoms with van der Waals surface area (Å²) in [7, 11) is 0. The van der Waals surface area contributed by atoms with E-state index in [1.165, 1.54) is 12.1 Å². The topological polar surface area (TPSA) is 47.9 Å². The molecule has 5 rings (SSSR count). The average Bonchev–Trinajstić information content (AvgIpc) is 2.84. The SMILES string of the molecule is FC(F)(F)c1ccc(-c2cc(Oc3ccc4cccnc4c3)nnc2-c2ccccc2)cc1. The average molecular weight is 443 g/mol. The molecule has 0 aliphatic carbocycles. The number of nitrogens with zero attached hydrogens (tertiary/aromatic N) is 3. The maximum atomic E-state index is 13.0. The van der Waals surface area contributed by atoms with Crippen LogP contribution in [0.4, 0.5) is 13.2 Å². The molecule has 4 nitrogen and oxygen atoms in total. The van der Waals surface area contributed by atoms with Crippen molar-refractivity contribution >= 4 is 10.9 Å². The van der Waals surface area contributed by atoms with E-state index in [-0.39, 0.29) is 5.88 Å². The lowest BCUT2D eigenvalue weighted by atomic mass is 9.99. The zero-order valence-electron chi connectivity index (χ0n) is 17.1. The van der Waals surface area contributed by atoms with Gasteiger partial charge in [0.15, 0.2) is 0 Å². The molecule has 0 saturated heterocycles. The summed E-state index contributed by atoms with van der Waals surface area (Å²) in [5, 5.41) is 9.52. The first-order valence-electron chi connectivity index (χ1n) is 10.1. The quantitative estimate of drug-likeness (QED) is 0.295. The molecule has 0 N–H and O–H groups in total. The van der Waals surface area contributed by atoms with Crippen molar-refractivity contribution in [2.75, 3.05) is 0 Å². The molecule has 3 aromatic carbocycles. The van der Waals surface area contributed by atoms with E-state index in [0.717, 1.165) is 28.6 Å². The Balaban J connectivity index is 1.56. The monoisotopic (exact) mass is 443 g/mol. The van der Waals surface area contributed by atoms with E-state index in [2.05, 4.69) is 15.2 Å². The number of fused-ring (bicyclic) bond motifs is 1. The molecule has 33 heavy (non-hydrogen) atoms. The Kier molecular flexibility index (Phi) is 5.22. The molecule has 5 aromatic rings. The first-order valence-corrected chi connectivity index (χ1v) is 10.1. The first-order chi connectivity index (χ1) is 16.0. The molecule has 0 radical (unpaired) electrons. The predicted octanol–water partition coefficient (Wildman–Crippen LogP) is 7.17. The molecule has 0 atom stereocenters. The van der Waals surface area contributed by atoms with Crippen LogP contribution in [0.5, 0.6) is 11.6 Å². The maximum absolute atomic E-state index is 13.0. The molecule has 2 aromatic heterocycles. The number of alkyl halides is 3. The van der Waals surface area contributed by atoms with Crippen LogP contribution in [0, 0.1) is 0 Å². The Bertz CT molecular complexity index is 1420. The molecule has 0 aliphatic rings. The summed E-state index contributed by atoms with van der Waals surface area (Å²) >= 11 is 0. The zero-order valence-corrected chi connectivity index (χ0v) is 17.1. The van der Waals surface area contributed by atoms with Gasteiger partial charge >= 0.3 is 6.18 Å². The van der Waals surface area contributed by atoms with Gasteiger partial charge in [0.1, 0.15) is 11.4 Å². The molecule has 0 fully saturated rings. The van der Waals surface area contributed by atoms with Crippen LogP contribution in [0.1, 0.15) is 5.56 Å². The van der Waals surface area contributed by atoms with Gasteiger partial charge in [-0.15, -0.1) is 10.2 Å². The second kappa shape index (κ2) is 8.35. The van der Waals surface area contributed by atoms with Crippen LogP contribution in [0.2, 0.25) is 0 Å². The van der Waals surface area contributed by atoms with Gasteiger partial charge < -0.3 is 4.74 Å². The maximum Gasteiger partial charge on any atom is 0.416 e. The lowest BCUT2D eigenvalue weighted by Crippen LogP contribution is -2.04. The van der Waals surface area contributed by atoms with Gasteiger partial charge in [-0.1, -0.05) is 48.5 Å². The molecule has 0 amide bonds. The van der Waals surface area contributed by atoms with E-state index in [0.29, 0.717) is 22.6 Å². The Morgan fingerprint density at radius 2 is 1.48 bits per heavy atom. The highest BCUT2D eigenvalue weighted by molar-refractivity contribution is 5.81. The van der Waals surface area contributed by atoms with Crippen LogP contribution >= 0.6 is 0 Å². The molecule has 2 heterocycles. The molecular formula is C26H16F3N3O. The van der Waals surface area contributed by atoms with Crippen LogP contribution in [0.15, 0.2) is 97.2 Å². The highest BCUT2D eigenvalue weighted by atomic mass is 19.4. The van der Waals surface area contributed by atoms with Crippen LogP contribution in [0.3, 0.4) is 0 Å². The molecule has 0 spiro atoms. The van der Waals surface area contributed by atoms with Gasteiger partial charge in [-0.3, -0.25) is 4.98 Å². The van der Waals surface area contributed by atoms with E-state index >= 15 is 0 Å². The minimum Gasteiger partial charge on any atom is -0.437 e. The van der Waals surface area contributed by atoms with Crippen molar-refractivity contribution in [2.45, 2.75) is 6.18 Å². The minimum atomic E-state index is -4.41. The van der Waals surface area contributed by atoms with Crippen molar-refractivity contribution < 1.29 is 17.9 Å². The van der Waals surface area contributed by atoms with Crippen LogP contribution < -0.4 is 4.74 Å². The molecule has 0 saturated carbocycles. The van der Waals surface area contributed by atoms with E-state index in [1.807, 2.05) is 48.5 Å². The smallest absolute Gasteiger partial charge is 0.416 e. The van der Waals surface area contributed by atoms with E-state index < -0.39 is 11.7 Å². The summed E-state index contributed by atoms with van der Waals surface area (Å²) in [4.78, 5) is 4.32. The Hall–Kier alpha value is -4.26. The molecule has 0 aliphatic heterocycles. The second-order valence-corrected chi connectivity index (χ2v) is 7.35. The number of pyridine rings is 1. The van der Waals surface area contributed by atoms with Crippen molar-refractivity contribution in [3.8, 4) is 34.0 Å². The van der Waals surface area contributed by atoms with Crippen molar-refractivity contribution in [2.24, 2.45) is 0 Å². The third kappa shape index (κ3) is 4.39. The van der Waals surface area contributed by atoms with Crippen molar-refractivity contribution in [1.82, 2.24) is 15.2 Å². The van der Waals surface area contributed by atoms with E-state index in [9.17, 15) is 13.2 Å². The molecule has 0 unspecified atom stereocenters. The lowest BCUT2D eigenvalue weighted by molar-refractivity contribution is -0.137. The Morgan fingerprint density at radius 3 is 2.24 bits per heavy atom. The fourth-order valence-corrected chi connectivity index (χ4v) is 3.52. The highest BCUT2D eigenvalue weighted by Gasteiger charge is 2.30.